The number of carboxylic acid groups (broad SMARTS) is 1. The van der Waals surface area contributed by atoms with Gasteiger partial charge < -0.3 is 15.6 Å². The molecule has 0 aromatic carbocycles. The van der Waals surface area contributed by atoms with Crippen molar-refractivity contribution in [2.75, 3.05) is 7.11 Å². The summed E-state index contributed by atoms with van der Waals surface area (Å²) < 4.78 is 4.29. The van der Waals surface area contributed by atoms with Crippen LogP contribution in [0.4, 0.5) is 0 Å². The fourth-order valence-corrected chi connectivity index (χ4v) is 0.499. The molecule has 0 heterocycles. The predicted octanol–water partition coefficient (Wildman–Crippen LogP) is -0.227. The van der Waals surface area contributed by atoms with Crippen molar-refractivity contribution < 1.29 is 19.4 Å². The molecule has 0 aromatic rings. The standard InChI is InChI=1S/C6H11NO4.ClH/c1-11-5(8)3-2-4(7)6(9)10;/h4H,2-3,7H2,1H3,(H,9,10);1H/t4-;/m1./s1. The van der Waals surface area contributed by atoms with Gasteiger partial charge in [-0.1, -0.05) is 0 Å². The number of nitrogens with two attached hydrogens (primary N) is 1. The maximum Gasteiger partial charge on any atom is 0.320 e. The van der Waals surface area contributed by atoms with Crippen molar-refractivity contribution in [2.24, 2.45) is 5.73 Å². The van der Waals surface area contributed by atoms with E-state index in [1.165, 1.54) is 7.11 Å². The van der Waals surface area contributed by atoms with Crippen LogP contribution >= 0.6 is 12.4 Å². The summed E-state index contributed by atoms with van der Waals surface area (Å²) in [6, 6.07) is -0.978. The summed E-state index contributed by atoms with van der Waals surface area (Å²) >= 11 is 0. The average molecular weight is 198 g/mol. The highest BCUT2D eigenvalue weighted by Crippen LogP contribution is 1.95. The van der Waals surface area contributed by atoms with Gasteiger partial charge in [0.25, 0.3) is 0 Å². The smallest absolute Gasteiger partial charge is 0.320 e. The molecule has 0 saturated heterocycles. The molecule has 0 fully saturated rings. The Morgan fingerprint density at radius 3 is 2.42 bits per heavy atom. The van der Waals surface area contributed by atoms with Crippen molar-refractivity contribution in [1.82, 2.24) is 0 Å². The normalized spacial score (nSPS) is 11.2. The number of carbonyl (C=O) groups excluding carboxylic acids is 1. The topological polar surface area (TPSA) is 89.6 Å². The van der Waals surface area contributed by atoms with Gasteiger partial charge in [-0.2, -0.15) is 0 Å². The lowest BCUT2D eigenvalue weighted by molar-refractivity contribution is -0.141. The maximum absolute atomic E-state index is 10.5. The van der Waals surface area contributed by atoms with Gasteiger partial charge in [0.1, 0.15) is 6.04 Å². The molecule has 12 heavy (non-hydrogen) atoms. The number of methoxy groups -OCH3 is 1. The van der Waals surface area contributed by atoms with Crippen LogP contribution in [0.15, 0.2) is 0 Å². The predicted molar refractivity (Wildman–Crippen MR) is 44.1 cm³/mol. The molecule has 6 heteroatoms. The molecule has 0 radical (unpaired) electrons. The maximum atomic E-state index is 10.5. The Morgan fingerprint density at radius 2 is 2.08 bits per heavy atom. The first kappa shape index (κ1) is 13.8. The highest BCUT2D eigenvalue weighted by molar-refractivity contribution is 5.85. The molecule has 5 nitrogen and oxygen atoms in total. The summed E-state index contributed by atoms with van der Waals surface area (Å²) in [5.41, 5.74) is 5.11. The number of hydrogen-bond donors (Lipinski definition) is 2. The van der Waals surface area contributed by atoms with Crippen molar-refractivity contribution in [3.05, 3.63) is 0 Å². The first-order valence-corrected chi connectivity index (χ1v) is 3.13. The van der Waals surface area contributed by atoms with Crippen LogP contribution in [0.5, 0.6) is 0 Å². The Hall–Kier alpha value is -0.810. The molecule has 0 aliphatic carbocycles. The minimum absolute atomic E-state index is 0. The number of carbonyl (C=O) groups is 2. The van der Waals surface area contributed by atoms with Crippen molar-refractivity contribution in [1.29, 1.82) is 0 Å². The van der Waals surface area contributed by atoms with E-state index in [9.17, 15) is 9.59 Å². The Kier molecular flexibility index (Phi) is 7.88. The van der Waals surface area contributed by atoms with Crippen molar-refractivity contribution >= 4 is 24.3 Å². The summed E-state index contributed by atoms with van der Waals surface area (Å²) in [6.07, 6.45) is 0.159. The average Bonchev–Trinajstić information content (AvgIpc) is 1.99. The molecular weight excluding hydrogens is 186 g/mol. The van der Waals surface area contributed by atoms with Crippen LogP contribution in [0.2, 0.25) is 0 Å². The first-order chi connectivity index (χ1) is 5.07. The first-order valence-electron chi connectivity index (χ1n) is 3.13. The van der Waals surface area contributed by atoms with E-state index in [2.05, 4.69) is 4.74 Å². The van der Waals surface area contributed by atoms with Crippen molar-refractivity contribution in [3.63, 3.8) is 0 Å². The lowest BCUT2D eigenvalue weighted by Crippen LogP contribution is -2.30. The molecule has 1 atom stereocenters. The van der Waals surface area contributed by atoms with E-state index in [0.29, 0.717) is 0 Å². The molecule has 0 bridgehead atoms. The number of esters is 1. The molecule has 0 unspecified atom stereocenters. The molecule has 0 aliphatic rings. The number of aliphatic carboxylic acids is 1. The highest BCUT2D eigenvalue weighted by atomic mass is 35.5. The van der Waals surface area contributed by atoms with E-state index >= 15 is 0 Å². The third kappa shape index (κ3) is 5.94. The molecular formula is C6H12ClNO4. The summed E-state index contributed by atoms with van der Waals surface area (Å²) in [7, 11) is 1.24. The Bertz CT molecular complexity index is 162. The van der Waals surface area contributed by atoms with Gasteiger partial charge in [-0.15, -0.1) is 12.4 Å². The van der Waals surface area contributed by atoms with Gasteiger partial charge in [-0.25, -0.2) is 0 Å². The van der Waals surface area contributed by atoms with Gasteiger partial charge in [0, 0.05) is 6.42 Å². The van der Waals surface area contributed by atoms with E-state index in [1.807, 2.05) is 0 Å². The van der Waals surface area contributed by atoms with Crippen LogP contribution in [0.3, 0.4) is 0 Å². The van der Waals surface area contributed by atoms with E-state index in [4.69, 9.17) is 10.8 Å². The second-order valence-corrected chi connectivity index (χ2v) is 2.06. The third-order valence-corrected chi connectivity index (χ3v) is 1.20. The quantitative estimate of drug-likeness (QED) is 0.608. The summed E-state index contributed by atoms with van der Waals surface area (Å²) in [4.78, 5) is 20.6. The van der Waals surface area contributed by atoms with Crippen molar-refractivity contribution in [2.45, 2.75) is 18.9 Å². The zero-order chi connectivity index (χ0) is 8.85. The second-order valence-electron chi connectivity index (χ2n) is 2.06. The Labute approximate surface area is 76.3 Å². The summed E-state index contributed by atoms with van der Waals surface area (Å²) in [6.45, 7) is 0. The van der Waals surface area contributed by atoms with Crippen LogP contribution in [0.25, 0.3) is 0 Å². The van der Waals surface area contributed by atoms with Crippen LogP contribution in [-0.4, -0.2) is 30.2 Å². The Morgan fingerprint density at radius 1 is 1.58 bits per heavy atom. The highest BCUT2D eigenvalue weighted by Gasteiger charge is 2.12. The second kappa shape index (κ2) is 6.87. The van der Waals surface area contributed by atoms with Gasteiger partial charge in [-0.05, 0) is 6.42 Å². The van der Waals surface area contributed by atoms with E-state index in [1.54, 1.807) is 0 Å². The number of halogens is 1. The Balaban J connectivity index is 0. The molecule has 72 valence electrons. The van der Waals surface area contributed by atoms with Gasteiger partial charge in [0.2, 0.25) is 0 Å². The minimum Gasteiger partial charge on any atom is -0.480 e. The van der Waals surface area contributed by atoms with Gasteiger partial charge >= 0.3 is 11.9 Å². The largest absolute Gasteiger partial charge is 0.480 e. The lowest BCUT2D eigenvalue weighted by atomic mass is 10.2. The number of carboxylic acids is 1. The monoisotopic (exact) mass is 197 g/mol. The van der Waals surface area contributed by atoms with E-state index < -0.39 is 18.0 Å². The van der Waals surface area contributed by atoms with E-state index in [0.717, 1.165) is 0 Å². The van der Waals surface area contributed by atoms with E-state index in [-0.39, 0.29) is 25.2 Å². The van der Waals surface area contributed by atoms with Gasteiger partial charge in [-0.3, -0.25) is 9.59 Å². The number of ether oxygens (including phenoxy) is 1. The fourth-order valence-electron chi connectivity index (χ4n) is 0.499. The zero-order valence-electron chi connectivity index (χ0n) is 6.65. The summed E-state index contributed by atoms with van der Waals surface area (Å²) in [5.74, 6) is -1.55. The zero-order valence-corrected chi connectivity index (χ0v) is 7.47. The van der Waals surface area contributed by atoms with Crippen LogP contribution < -0.4 is 5.73 Å². The lowest BCUT2D eigenvalue weighted by Gasteiger charge is -2.03. The van der Waals surface area contributed by atoms with Crippen LogP contribution in [0, 0.1) is 0 Å². The molecule has 3 N–H and O–H groups in total. The molecule has 0 saturated carbocycles. The van der Waals surface area contributed by atoms with Gasteiger partial charge in [0.05, 0.1) is 7.11 Å². The minimum atomic E-state index is -1.10. The number of rotatable bonds is 4. The number of hydrogen-bond acceptors (Lipinski definition) is 4. The summed E-state index contributed by atoms with van der Waals surface area (Å²) in [5, 5.41) is 8.29. The van der Waals surface area contributed by atoms with Crippen LogP contribution in [0.1, 0.15) is 12.8 Å². The molecule has 0 spiro atoms. The third-order valence-electron chi connectivity index (χ3n) is 1.20. The molecule has 0 aromatic heterocycles. The van der Waals surface area contributed by atoms with Crippen molar-refractivity contribution in [3.8, 4) is 0 Å². The molecule has 0 aliphatic heterocycles. The van der Waals surface area contributed by atoms with Gasteiger partial charge in [0.15, 0.2) is 0 Å². The molecule has 0 rings (SSSR count). The SMILES string of the molecule is COC(=O)CC[C@@H](N)C(=O)O.Cl. The molecule has 0 amide bonds. The van der Waals surface area contributed by atoms with Crippen LogP contribution in [-0.2, 0) is 14.3 Å². The fraction of sp³-hybridized carbons (Fsp3) is 0.667.